The molecule has 0 saturated carbocycles. The van der Waals surface area contributed by atoms with Crippen LogP contribution in [-0.2, 0) is 7.05 Å². The molecule has 1 aromatic heterocycles. The molecule has 2 atom stereocenters. The molecule has 2 N–H and O–H groups in total. The van der Waals surface area contributed by atoms with Gasteiger partial charge in [0, 0.05) is 7.05 Å². The number of nitrogens with zero attached hydrogens (tertiary/aromatic N) is 3. The number of hydrogen-bond acceptors (Lipinski definition) is 4. The molecule has 0 aromatic carbocycles. The maximum Gasteiger partial charge on any atom is 0.123 e. The van der Waals surface area contributed by atoms with Crippen LogP contribution >= 0.6 is 0 Å². The van der Waals surface area contributed by atoms with E-state index in [1.165, 1.54) is 10.9 Å². The summed E-state index contributed by atoms with van der Waals surface area (Å²) in [6.07, 6.45) is 1.52. The lowest BCUT2D eigenvalue weighted by molar-refractivity contribution is -0.0248. The van der Waals surface area contributed by atoms with Crippen molar-refractivity contribution >= 4 is 0 Å². The third-order valence-electron chi connectivity index (χ3n) is 2.91. The smallest absolute Gasteiger partial charge is 0.123 e. The Morgan fingerprint density at radius 3 is 2.33 bits per heavy atom. The van der Waals surface area contributed by atoms with Crippen molar-refractivity contribution in [2.24, 2.45) is 13.0 Å². The maximum atomic E-state index is 9.95. The quantitative estimate of drug-likeness (QED) is 0.753. The molecule has 0 saturated heterocycles. The minimum atomic E-state index is -0.908. The molecular formula is C10H19N3O2. The second-order valence-electron chi connectivity index (χ2n) is 3.79. The molecule has 0 fully saturated rings. The molecule has 0 aliphatic carbocycles. The van der Waals surface area contributed by atoms with Gasteiger partial charge in [-0.15, -0.1) is 5.10 Å². The van der Waals surface area contributed by atoms with Gasteiger partial charge in [0.15, 0.2) is 0 Å². The van der Waals surface area contributed by atoms with Crippen molar-refractivity contribution in [1.82, 2.24) is 15.0 Å². The van der Waals surface area contributed by atoms with Crippen molar-refractivity contribution in [3.8, 4) is 0 Å². The van der Waals surface area contributed by atoms with Crippen LogP contribution in [0.1, 0.15) is 38.5 Å². The van der Waals surface area contributed by atoms with E-state index in [-0.39, 0.29) is 5.92 Å². The number of hydrogen-bond donors (Lipinski definition) is 2. The van der Waals surface area contributed by atoms with Crippen LogP contribution in [0, 0.1) is 5.92 Å². The standard InChI is InChI=1S/C10H19N3O2/c1-4-7(5-2)9(14)10(15)8-6-11-12-13(8)3/h6-7,9-10,14-15H,4-5H2,1-3H3. The summed E-state index contributed by atoms with van der Waals surface area (Å²) in [5.41, 5.74) is 0.550. The average Bonchev–Trinajstić information content (AvgIpc) is 2.65. The van der Waals surface area contributed by atoms with Gasteiger partial charge in [0.1, 0.15) is 6.10 Å². The van der Waals surface area contributed by atoms with Crippen molar-refractivity contribution < 1.29 is 10.2 Å². The highest BCUT2D eigenvalue weighted by molar-refractivity contribution is 5.01. The molecule has 0 aliphatic heterocycles. The number of aliphatic hydroxyl groups is 2. The van der Waals surface area contributed by atoms with Crippen LogP contribution in [0.25, 0.3) is 0 Å². The molecule has 15 heavy (non-hydrogen) atoms. The molecular weight excluding hydrogens is 194 g/mol. The van der Waals surface area contributed by atoms with Gasteiger partial charge in [-0.1, -0.05) is 31.9 Å². The van der Waals surface area contributed by atoms with Crippen LogP contribution in [-0.4, -0.2) is 31.3 Å². The lowest BCUT2D eigenvalue weighted by atomic mass is 9.92. The van der Waals surface area contributed by atoms with E-state index in [9.17, 15) is 10.2 Å². The van der Waals surface area contributed by atoms with Crippen LogP contribution < -0.4 is 0 Å². The molecule has 86 valence electrons. The summed E-state index contributed by atoms with van der Waals surface area (Å²) in [5.74, 6) is 0.106. The molecule has 5 nitrogen and oxygen atoms in total. The van der Waals surface area contributed by atoms with Crippen molar-refractivity contribution in [2.45, 2.75) is 38.9 Å². The van der Waals surface area contributed by atoms with E-state index < -0.39 is 12.2 Å². The van der Waals surface area contributed by atoms with E-state index in [4.69, 9.17) is 0 Å². The van der Waals surface area contributed by atoms with E-state index in [1.54, 1.807) is 7.05 Å². The van der Waals surface area contributed by atoms with Gasteiger partial charge in [0.2, 0.25) is 0 Å². The highest BCUT2D eigenvalue weighted by atomic mass is 16.3. The molecule has 0 aliphatic rings. The van der Waals surface area contributed by atoms with Gasteiger partial charge >= 0.3 is 0 Å². The van der Waals surface area contributed by atoms with Crippen molar-refractivity contribution in [1.29, 1.82) is 0 Å². The summed E-state index contributed by atoms with van der Waals surface area (Å²) >= 11 is 0. The summed E-state index contributed by atoms with van der Waals surface area (Å²) in [5, 5.41) is 27.3. The van der Waals surface area contributed by atoms with Crippen LogP contribution in [0.5, 0.6) is 0 Å². The summed E-state index contributed by atoms with van der Waals surface area (Å²) in [6.45, 7) is 4.01. The topological polar surface area (TPSA) is 71.2 Å². The Morgan fingerprint density at radius 2 is 1.93 bits per heavy atom. The Labute approximate surface area is 89.7 Å². The Hall–Kier alpha value is -0.940. The average molecular weight is 213 g/mol. The van der Waals surface area contributed by atoms with Gasteiger partial charge in [0.05, 0.1) is 18.0 Å². The second kappa shape index (κ2) is 5.23. The first kappa shape index (κ1) is 12.1. The van der Waals surface area contributed by atoms with Crippen LogP contribution in [0.4, 0.5) is 0 Å². The molecule has 1 rings (SSSR count). The molecule has 0 amide bonds. The number of aryl methyl sites for hydroxylation is 1. The fraction of sp³-hybridized carbons (Fsp3) is 0.800. The normalized spacial score (nSPS) is 15.6. The molecule has 0 radical (unpaired) electrons. The van der Waals surface area contributed by atoms with Gasteiger partial charge in [-0.05, 0) is 5.92 Å². The summed E-state index contributed by atoms with van der Waals surface area (Å²) in [6, 6.07) is 0. The Kier molecular flexibility index (Phi) is 4.23. The zero-order valence-electron chi connectivity index (χ0n) is 9.46. The highest BCUT2D eigenvalue weighted by Gasteiger charge is 2.27. The van der Waals surface area contributed by atoms with E-state index in [0.29, 0.717) is 5.69 Å². The molecule has 5 heteroatoms. The monoisotopic (exact) mass is 213 g/mol. The molecule has 0 spiro atoms. The Balaban J connectivity index is 2.76. The Morgan fingerprint density at radius 1 is 1.33 bits per heavy atom. The fourth-order valence-corrected chi connectivity index (χ4v) is 1.77. The van der Waals surface area contributed by atoms with E-state index in [1.807, 2.05) is 13.8 Å². The molecule has 0 bridgehead atoms. The van der Waals surface area contributed by atoms with Crippen LogP contribution in [0.2, 0.25) is 0 Å². The first-order valence-corrected chi connectivity index (χ1v) is 5.32. The molecule has 1 aromatic rings. The van der Waals surface area contributed by atoms with Crippen molar-refractivity contribution in [3.63, 3.8) is 0 Å². The predicted octanol–water partition coefficient (Wildman–Crippen LogP) is 0.646. The number of aliphatic hydroxyl groups excluding tert-OH is 2. The lowest BCUT2D eigenvalue weighted by Gasteiger charge is -2.24. The predicted molar refractivity (Wildman–Crippen MR) is 56.0 cm³/mol. The largest absolute Gasteiger partial charge is 0.390 e. The number of rotatable bonds is 5. The minimum absolute atomic E-state index is 0.106. The summed E-state index contributed by atoms with van der Waals surface area (Å²) in [4.78, 5) is 0. The first-order chi connectivity index (χ1) is 7.11. The van der Waals surface area contributed by atoms with Crippen LogP contribution in [0.15, 0.2) is 6.20 Å². The van der Waals surface area contributed by atoms with Crippen LogP contribution in [0.3, 0.4) is 0 Å². The van der Waals surface area contributed by atoms with Gasteiger partial charge < -0.3 is 10.2 Å². The first-order valence-electron chi connectivity index (χ1n) is 5.32. The minimum Gasteiger partial charge on any atom is -0.390 e. The van der Waals surface area contributed by atoms with Crippen molar-refractivity contribution in [3.05, 3.63) is 11.9 Å². The van der Waals surface area contributed by atoms with E-state index in [0.717, 1.165) is 12.8 Å². The van der Waals surface area contributed by atoms with E-state index in [2.05, 4.69) is 10.3 Å². The van der Waals surface area contributed by atoms with Gasteiger partial charge in [0.25, 0.3) is 0 Å². The summed E-state index contributed by atoms with van der Waals surface area (Å²) in [7, 11) is 1.70. The highest BCUT2D eigenvalue weighted by Crippen LogP contribution is 2.24. The zero-order chi connectivity index (χ0) is 11.4. The number of aromatic nitrogens is 3. The zero-order valence-corrected chi connectivity index (χ0v) is 9.46. The van der Waals surface area contributed by atoms with E-state index >= 15 is 0 Å². The second-order valence-corrected chi connectivity index (χ2v) is 3.79. The van der Waals surface area contributed by atoms with Gasteiger partial charge in [-0.25, -0.2) is 4.68 Å². The Bertz CT molecular complexity index is 297. The third kappa shape index (κ3) is 2.54. The van der Waals surface area contributed by atoms with Gasteiger partial charge in [-0.3, -0.25) is 0 Å². The third-order valence-corrected chi connectivity index (χ3v) is 2.91. The van der Waals surface area contributed by atoms with Gasteiger partial charge in [-0.2, -0.15) is 0 Å². The fourth-order valence-electron chi connectivity index (χ4n) is 1.77. The van der Waals surface area contributed by atoms with Crippen molar-refractivity contribution in [2.75, 3.05) is 0 Å². The molecule has 2 unspecified atom stereocenters. The SMILES string of the molecule is CCC(CC)C(O)C(O)c1cnnn1C. The molecule has 1 heterocycles. The lowest BCUT2D eigenvalue weighted by Crippen LogP contribution is -2.28. The summed E-state index contributed by atoms with van der Waals surface area (Å²) < 4.78 is 1.48. The maximum absolute atomic E-state index is 9.95.